The van der Waals surface area contributed by atoms with Crippen molar-refractivity contribution in [2.75, 3.05) is 20.3 Å². The lowest BCUT2D eigenvalue weighted by Gasteiger charge is -2.31. The zero-order valence-corrected chi connectivity index (χ0v) is 18.8. The summed E-state index contributed by atoms with van der Waals surface area (Å²) in [6, 6.07) is 9.75. The van der Waals surface area contributed by atoms with Crippen molar-refractivity contribution in [1.29, 1.82) is 0 Å². The van der Waals surface area contributed by atoms with E-state index in [4.69, 9.17) is 4.74 Å². The third kappa shape index (κ3) is 4.93. The van der Waals surface area contributed by atoms with Crippen LogP contribution in [0.25, 0.3) is 0 Å². The first-order chi connectivity index (χ1) is 15.5. The molecule has 1 aromatic carbocycles. The largest absolute Gasteiger partial charge is 0.383 e. The molecule has 170 valence electrons. The number of rotatable bonds is 8. The second-order valence-electron chi connectivity index (χ2n) is 8.86. The Hall–Kier alpha value is -2.93. The molecule has 0 saturated heterocycles. The highest BCUT2D eigenvalue weighted by atomic mass is 16.5. The average molecular weight is 438 g/mol. The molecule has 1 aliphatic carbocycles. The van der Waals surface area contributed by atoms with Gasteiger partial charge in [-0.3, -0.25) is 14.4 Å². The first-order valence-electron chi connectivity index (χ1n) is 11.4. The Morgan fingerprint density at radius 3 is 2.66 bits per heavy atom. The Labute approximate surface area is 188 Å². The van der Waals surface area contributed by atoms with Gasteiger partial charge in [0.15, 0.2) is 0 Å². The maximum atomic E-state index is 13.4. The van der Waals surface area contributed by atoms with Crippen LogP contribution in [0.4, 0.5) is 0 Å². The number of hydrogen-bond donors (Lipinski definition) is 1. The molecular weight excluding hydrogens is 406 g/mol. The molecule has 0 spiro atoms. The van der Waals surface area contributed by atoms with E-state index in [1.54, 1.807) is 11.7 Å². The molecule has 1 unspecified atom stereocenters. The van der Waals surface area contributed by atoms with Crippen LogP contribution in [0.15, 0.2) is 41.3 Å². The zero-order chi connectivity index (χ0) is 22.7. The quantitative estimate of drug-likeness (QED) is 0.686. The fraction of sp³-hybridized carbons (Fsp3) is 0.480. The Morgan fingerprint density at radius 2 is 1.97 bits per heavy atom. The van der Waals surface area contributed by atoms with Crippen LogP contribution in [-0.4, -0.2) is 47.6 Å². The van der Waals surface area contributed by atoms with Gasteiger partial charge >= 0.3 is 0 Å². The summed E-state index contributed by atoms with van der Waals surface area (Å²) in [5, 5.41) is 2.89. The summed E-state index contributed by atoms with van der Waals surface area (Å²) in [4.78, 5) is 41.0. The Bertz CT molecular complexity index is 1040. The summed E-state index contributed by atoms with van der Waals surface area (Å²) in [5.41, 5.74) is 2.72. The molecule has 1 aromatic heterocycles. The normalized spacial score (nSPS) is 16.4. The number of methoxy groups -OCH3 is 1. The standard InChI is InChI=1S/C25H31N3O4/c1-17(16-32-2)26-23(29)22-21-11-13-27(24(30)19-8-9-19)14-20(21)15-28(25(22)31)12-10-18-6-4-3-5-7-18/h3-7,15,17,19H,8-14,16H2,1-2H3,(H,26,29). The van der Waals surface area contributed by atoms with Crippen LogP contribution in [-0.2, 0) is 35.5 Å². The second kappa shape index (κ2) is 9.69. The molecule has 2 aromatic rings. The number of amides is 2. The van der Waals surface area contributed by atoms with Crippen molar-refractivity contribution < 1.29 is 14.3 Å². The van der Waals surface area contributed by atoms with Crippen LogP contribution < -0.4 is 10.9 Å². The highest BCUT2D eigenvalue weighted by molar-refractivity contribution is 5.96. The maximum absolute atomic E-state index is 13.4. The summed E-state index contributed by atoms with van der Waals surface area (Å²) in [6.07, 6.45) is 4.98. The maximum Gasteiger partial charge on any atom is 0.263 e. The minimum Gasteiger partial charge on any atom is -0.383 e. The summed E-state index contributed by atoms with van der Waals surface area (Å²) in [5.74, 6) is -0.0255. The number of fused-ring (bicyclic) bond motifs is 1. The number of carbonyl (C=O) groups is 2. The number of aryl methyl sites for hydroxylation is 2. The topological polar surface area (TPSA) is 80.6 Å². The predicted molar refractivity (Wildman–Crippen MR) is 121 cm³/mol. The molecule has 7 heteroatoms. The van der Waals surface area contributed by atoms with Crippen LogP contribution in [0, 0.1) is 5.92 Å². The van der Waals surface area contributed by atoms with Gasteiger partial charge in [0.25, 0.3) is 11.5 Å². The zero-order valence-electron chi connectivity index (χ0n) is 18.8. The lowest BCUT2D eigenvalue weighted by atomic mass is 9.95. The van der Waals surface area contributed by atoms with E-state index in [-0.39, 0.29) is 34.9 Å². The van der Waals surface area contributed by atoms with Gasteiger partial charge in [0, 0.05) is 44.9 Å². The molecule has 2 aliphatic rings. The minimum absolute atomic E-state index is 0.151. The number of ether oxygens (including phenoxy) is 1. The van der Waals surface area contributed by atoms with E-state index in [0.29, 0.717) is 39.1 Å². The van der Waals surface area contributed by atoms with E-state index in [9.17, 15) is 14.4 Å². The van der Waals surface area contributed by atoms with Crippen LogP contribution in [0.5, 0.6) is 0 Å². The van der Waals surface area contributed by atoms with E-state index in [1.165, 1.54) is 0 Å². The van der Waals surface area contributed by atoms with Crippen molar-refractivity contribution in [3.8, 4) is 0 Å². The van der Waals surface area contributed by atoms with Crippen molar-refractivity contribution in [3.63, 3.8) is 0 Å². The molecule has 32 heavy (non-hydrogen) atoms. The smallest absolute Gasteiger partial charge is 0.263 e. The SMILES string of the molecule is COCC(C)NC(=O)c1c2c(cn(CCc3ccccc3)c1=O)CN(C(=O)C1CC1)CC2. The molecule has 2 heterocycles. The van der Waals surface area contributed by atoms with Gasteiger partial charge in [-0.15, -0.1) is 0 Å². The summed E-state index contributed by atoms with van der Waals surface area (Å²) in [7, 11) is 1.58. The van der Waals surface area contributed by atoms with E-state index in [0.717, 1.165) is 29.5 Å². The number of hydrogen-bond acceptors (Lipinski definition) is 4. The number of nitrogens with one attached hydrogen (secondary N) is 1. The minimum atomic E-state index is -0.369. The van der Waals surface area contributed by atoms with Gasteiger partial charge in [-0.05, 0) is 49.3 Å². The molecule has 1 atom stereocenters. The second-order valence-corrected chi connectivity index (χ2v) is 8.86. The molecular formula is C25H31N3O4. The van der Waals surface area contributed by atoms with Crippen molar-refractivity contribution >= 4 is 11.8 Å². The average Bonchev–Trinajstić information content (AvgIpc) is 3.63. The molecule has 0 bridgehead atoms. The van der Waals surface area contributed by atoms with Crippen LogP contribution in [0.2, 0.25) is 0 Å². The van der Waals surface area contributed by atoms with Gasteiger partial charge in [-0.2, -0.15) is 0 Å². The molecule has 1 fully saturated rings. The number of pyridine rings is 1. The van der Waals surface area contributed by atoms with Gasteiger partial charge in [0.1, 0.15) is 5.56 Å². The molecule has 2 amide bonds. The van der Waals surface area contributed by atoms with Gasteiger partial charge in [-0.25, -0.2) is 0 Å². The number of carbonyl (C=O) groups excluding carboxylic acids is 2. The van der Waals surface area contributed by atoms with Gasteiger partial charge < -0.3 is 19.5 Å². The summed E-state index contributed by atoms with van der Waals surface area (Å²) < 4.78 is 6.75. The van der Waals surface area contributed by atoms with E-state index < -0.39 is 0 Å². The fourth-order valence-corrected chi connectivity index (χ4v) is 4.37. The molecule has 4 rings (SSSR count). The van der Waals surface area contributed by atoms with E-state index >= 15 is 0 Å². The third-order valence-electron chi connectivity index (χ3n) is 6.21. The molecule has 1 N–H and O–H groups in total. The van der Waals surface area contributed by atoms with Crippen LogP contribution >= 0.6 is 0 Å². The number of benzene rings is 1. The molecule has 1 aliphatic heterocycles. The monoisotopic (exact) mass is 437 g/mol. The molecule has 0 radical (unpaired) electrons. The van der Waals surface area contributed by atoms with Gasteiger partial charge in [-0.1, -0.05) is 30.3 Å². The molecule has 1 saturated carbocycles. The van der Waals surface area contributed by atoms with Crippen LogP contribution in [0.3, 0.4) is 0 Å². The number of nitrogens with zero attached hydrogens (tertiary/aromatic N) is 2. The summed E-state index contributed by atoms with van der Waals surface area (Å²) >= 11 is 0. The van der Waals surface area contributed by atoms with Crippen molar-refractivity contribution in [2.45, 2.75) is 51.7 Å². The lowest BCUT2D eigenvalue weighted by molar-refractivity contribution is -0.133. The van der Waals surface area contributed by atoms with E-state index in [1.807, 2.05) is 48.4 Å². The van der Waals surface area contributed by atoms with Crippen molar-refractivity contribution in [1.82, 2.24) is 14.8 Å². The van der Waals surface area contributed by atoms with Crippen LogP contribution in [0.1, 0.15) is 46.8 Å². The van der Waals surface area contributed by atoms with Gasteiger partial charge in [0.2, 0.25) is 5.91 Å². The Kier molecular flexibility index (Phi) is 6.74. The van der Waals surface area contributed by atoms with Crippen molar-refractivity contribution in [2.24, 2.45) is 5.92 Å². The molecule has 7 nitrogen and oxygen atoms in total. The number of aromatic nitrogens is 1. The highest BCUT2D eigenvalue weighted by Gasteiger charge is 2.36. The lowest BCUT2D eigenvalue weighted by Crippen LogP contribution is -2.44. The van der Waals surface area contributed by atoms with E-state index in [2.05, 4.69) is 5.32 Å². The van der Waals surface area contributed by atoms with Crippen molar-refractivity contribution in [3.05, 3.63) is 69.1 Å². The predicted octanol–water partition coefficient (Wildman–Crippen LogP) is 2.15. The first-order valence-corrected chi connectivity index (χ1v) is 11.4. The Balaban J connectivity index is 1.65. The fourth-order valence-electron chi connectivity index (χ4n) is 4.37. The summed E-state index contributed by atoms with van der Waals surface area (Å²) in [6.45, 7) is 3.68. The first kappa shape index (κ1) is 22.3. The Morgan fingerprint density at radius 1 is 1.22 bits per heavy atom. The van der Waals surface area contributed by atoms with Gasteiger partial charge in [0.05, 0.1) is 6.61 Å². The highest BCUT2D eigenvalue weighted by Crippen LogP contribution is 2.33. The third-order valence-corrected chi connectivity index (χ3v) is 6.21.